The Kier molecular flexibility index (Phi) is 9.52. The third-order valence-corrected chi connectivity index (χ3v) is 4.67. The number of aryl methyl sites for hydroxylation is 2. The summed E-state index contributed by atoms with van der Waals surface area (Å²) in [6.45, 7) is 2.93. The fourth-order valence-electron chi connectivity index (χ4n) is 3.02. The van der Waals surface area contributed by atoms with Crippen LogP contribution >= 0.6 is 0 Å². The number of carbonyl (C=O) groups is 1. The molecule has 0 aliphatic carbocycles. The Morgan fingerprint density at radius 2 is 1.89 bits per heavy atom. The predicted octanol–water partition coefficient (Wildman–Crippen LogP) is 4.60. The molecule has 1 amide bonds. The Labute approximate surface area is 167 Å². The molecule has 1 aromatic heterocycles. The minimum absolute atomic E-state index is 0.131. The number of aromatic nitrogens is 2. The van der Waals surface area contributed by atoms with Crippen LogP contribution < -0.4 is 10.1 Å². The lowest BCUT2D eigenvalue weighted by molar-refractivity contribution is 0.0941. The van der Waals surface area contributed by atoms with Crippen molar-refractivity contribution in [2.45, 2.75) is 58.4 Å². The third kappa shape index (κ3) is 7.33. The molecule has 0 aliphatic heterocycles. The van der Waals surface area contributed by atoms with Crippen LogP contribution in [-0.2, 0) is 20.0 Å². The molecule has 0 saturated carbocycles. The second-order valence-electron chi connectivity index (χ2n) is 6.99. The second kappa shape index (κ2) is 12.2. The van der Waals surface area contributed by atoms with Gasteiger partial charge in [-0.3, -0.25) is 13.9 Å². The summed E-state index contributed by atoms with van der Waals surface area (Å²) in [5.41, 5.74) is 2.47. The van der Waals surface area contributed by atoms with Crippen LogP contribution in [0.1, 0.15) is 67.2 Å². The Hall–Kier alpha value is -2.37. The lowest BCUT2D eigenvalue weighted by atomic mass is 10.1. The van der Waals surface area contributed by atoms with E-state index in [0.29, 0.717) is 25.3 Å². The van der Waals surface area contributed by atoms with Gasteiger partial charge in [0, 0.05) is 13.6 Å². The number of ether oxygens (including phenoxy) is 1. The number of alkyl halides is 1. The number of carbonyl (C=O) groups excluding carboxylic acids is 1. The van der Waals surface area contributed by atoms with E-state index in [0.717, 1.165) is 55.5 Å². The molecule has 1 heterocycles. The normalized spacial score (nSPS) is 10.8. The molecule has 0 fully saturated rings. The first-order chi connectivity index (χ1) is 13.6. The van der Waals surface area contributed by atoms with Gasteiger partial charge in [-0.2, -0.15) is 5.10 Å². The number of hydrogen-bond acceptors (Lipinski definition) is 3. The van der Waals surface area contributed by atoms with Crippen molar-refractivity contribution in [2.75, 3.05) is 13.3 Å². The molecular weight excluding hydrogens is 357 g/mol. The van der Waals surface area contributed by atoms with E-state index in [9.17, 15) is 9.18 Å². The fraction of sp³-hybridized carbons (Fsp3) is 0.545. The number of benzene rings is 1. The highest BCUT2D eigenvalue weighted by atomic mass is 19.1. The van der Waals surface area contributed by atoms with E-state index in [1.165, 1.54) is 0 Å². The summed E-state index contributed by atoms with van der Waals surface area (Å²) in [5.74, 6) is 0.687. The molecule has 2 aromatic rings. The molecule has 0 aliphatic rings. The zero-order chi connectivity index (χ0) is 20.2. The highest BCUT2D eigenvalue weighted by Gasteiger charge is 2.12. The van der Waals surface area contributed by atoms with Gasteiger partial charge in [-0.15, -0.1) is 0 Å². The Morgan fingerprint density at radius 3 is 2.61 bits per heavy atom. The third-order valence-electron chi connectivity index (χ3n) is 4.67. The smallest absolute Gasteiger partial charge is 0.269 e. The minimum atomic E-state index is -0.207. The first-order valence-electron chi connectivity index (χ1n) is 10.2. The lowest BCUT2D eigenvalue weighted by Crippen LogP contribution is -2.25. The average molecular weight is 390 g/mol. The molecule has 0 spiro atoms. The van der Waals surface area contributed by atoms with Gasteiger partial charge < -0.3 is 10.1 Å². The zero-order valence-electron chi connectivity index (χ0n) is 17.0. The van der Waals surface area contributed by atoms with E-state index in [1.54, 1.807) is 11.7 Å². The van der Waals surface area contributed by atoms with Crippen molar-refractivity contribution in [3.63, 3.8) is 0 Å². The quantitative estimate of drug-likeness (QED) is 0.509. The van der Waals surface area contributed by atoms with Gasteiger partial charge in [0.05, 0.1) is 19.0 Å². The summed E-state index contributed by atoms with van der Waals surface area (Å²) >= 11 is 0. The molecule has 154 valence electrons. The van der Waals surface area contributed by atoms with E-state index < -0.39 is 0 Å². The Bertz CT molecular complexity index is 730. The summed E-state index contributed by atoms with van der Waals surface area (Å²) in [6, 6.07) is 9.63. The van der Waals surface area contributed by atoms with Gasteiger partial charge >= 0.3 is 0 Å². The molecular formula is C22H32FN3O2. The summed E-state index contributed by atoms with van der Waals surface area (Å²) in [5, 5.41) is 7.25. The van der Waals surface area contributed by atoms with Gasteiger partial charge in [-0.25, -0.2) is 0 Å². The molecule has 0 radical (unpaired) electrons. The average Bonchev–Trinajstić information content (AvgIpc) is 3.09. The summed E-state index contributed by atoms with van der Waals surface area (Å²) in [6.07, 6.45) is 6.78. The summed E-state index contributed by atoms with van der Waals surface area (Å²) in [4.78, 5) is 12.4. The van der Waals surface area contributed by atoms with Gasteiger partial charge in [0.15, 0.2) is 0 Å². The zero-order valence-corrected chi connectivity index (χ0v) is 17.0. The molecule has 6 heteroatoms. The van der Waals surface area contributed by atoms with Crippen LogP contribution in [0, 0.1) is 0 Å². The maximum Gasteiger partial charge on any atom is 0.269 e. The Morgan fingerprint density at radius 1 is 1.14 bits per heavy atom. The molecule has 0 saturated heterocycles. The van der Waals surface area contributed by atoms with Crippen molar-refractivity contribution in [1.82, 2.24) is 15.1 Å². The van der Waals surface area contributed by atoms with Crippen LogP contribution in [0.2, 0.25) is 0 Å². The second-order valence-corrected chi connectivity index (χ2v) is 6.99. The van der Waals surface area contributed by atoms with Gasteiger partial charge in [0.1, 0.15) is 11.4 Å². The highest BCUT2D eigenvalue weighted by molar-refractivity contribution is 5.92. The molecule has 0 unspecified atom stereocenters. The monoisotopic (exact) mass is 389 g/mol. The Balaban J connectivity index is 1.72. The lowest BCUT2D eigenvalue weighted by Gasteiger charge is -2.09. The molecule has 0 atom stereocenters. The van der Waals surface area contributed by atoms with Crippen LogP contribution in [0.15, 0.2) is 30.3 Å². The molecule has 0 bridgehead atoms. The van der Waals surface area contributed by atoms with E-state index in [2.05, 4.69) is 10.4 Å². The summed E-state index contributed by atoms with van der Waals surface area (Å²) < 4.78 is 19.4. The SMILES string of the molecule is CCc1cc(C(=O)NCc2cccc(OCCCCCCCCF)c2)n(C)n1. The molecule has 28 heavy (non-hydrogen) atoms. The number of rotatable bonds is 13. The van der Waals surface area contributed by atoms with Crippen molar-refractivity contribution >= 4 is 5.91 Å². The van der Waals surface area contributed by atoms with Crippen molar-refractivity contribution in [1.29, 1.82) is 0 Å². The topological polar surface area (TPSA) is 56.1 Å². The van der Waals surface area contributed by atoms with Gasteiger partial charge in [0.25, 0.3) is 5.91 Å². The van der Waals surface area contributed by atoms with Crippen LogP contribution in [0.4, 0.5) is 4.39 Å². The molecule has 1 N–H and O–H groups in total. The first-order valence-corrected chi connectivity index (χ1v) is 10.2. The van der Waals surface area contributed by atoms with Gasteiger partial charge in [-0.05, 0) is 43.0 Å². The first kappa shape index (κ1) is 21.9. The van der Waals surface area contributed by atoms with Crippen LogP contribution in [0.3, 0.4) is 0 Å². The molecule has 2 rings (SSSR count). The largest absolute Gasteiger partial charge is 0.494 e. The van der Waals surface area contributed by atoms with Crippen molar-refractivity contribution in [3.05, 3.63) is 47.3 Å². The number of amides is 1. The van der Waals surface area contributed by atoms with Gasteiger partial charge in [-0.1, -0.05) is 44.7 Å². The van der Waals surface area contributed by atoms with Crippen molar-refractivity contribution in [2.24, 2.45) is 7.05 Å². The number of halogens is 1. The van der Waals surface area contributed by atoms with Crippen LogP contribution in [-0.4, -0.2) is 29.0 Å². The maximum atomic E-state index is 12.4. The van der Waals surface area contributed by atoms with Crippen molar-refractivity contribution in [3.8, 4) is 5.75 Å². The number of unbranched alkanes of at least 4 members (excludes halogenated alkanes) is 5. The van der Waals surface area contributed by atoms with E-state index in [-0.39, 0.29) is 12.6 Å². The number of nitrogens with one attached hydrogen (secondary N) is 1. The van der Waals surface area contributed by atoms with Crippen molar-refractivity contribution < 1.29 is 13.9 Å². The molecule has 1 aromatic carbocycles. The number of hydrogen-bond donors (Lipinski definition) is 1. The fourth-order valence-corrected chi connectivity index (χ4v) is 3.02. The van der Waals surface area contributed by atoms with Crippen LogP contribution in [0.25, 0.3) is 0 Å². The summed E-state index contributed by atoms with van der Waals surface area (Å²) in [7, 11) is 1.78. The van der Waals surface area contributed by atoms with E-state index >= 15 is 0 Å². The van der Waals surface area contributed by atoms with Gasteiger partial charge in [0.2, 0.25) is 0 Å². The highest BCUT2D eigenvalue weighted by Crippen LogP contribution is 2.15. The standard InChI is InChI=1S/C22H32FN3O2/c1-3-19-16-21(26(2)25-19)22(27)24-17-18-11-10-12-20(15-18)28-14-9-7-5-4-6-8-13-23/h10-12,15-16H,3-9,13-14,17H2,1-2H3,(H,24,27). The van der Waals surface area contributed by atoms with Crippen LogP contribution in [0.5, 0.6) is 5.75 Å². The van der Waals surface area contributed by atoms with E-state index in [4.69, 9.17) is 4.74 Å². The maximum absolute atomic E-state index is 12.4. The minimum Gasteiger partial charge on any atom is -0.494 e. The number of nitrogens with zero attached hydrogens (tertiary/aromatic N) is 2. The molecule has 5 nitrogen and oxygen atoms in total. The predicted molar refractivity (Wildman–Crippen MR) is 109 cm³/mol. The van der Waals surface area contributed by atoms with E-state index in [1.807, 2.05) is 37.3 Å².